The molecule has 1 heterocycles. The third-order valence-corrected chi connectivity index (χ3v) is 3.67. The van der Waals surface area contributed by atoms with Crippen LogP contribution in [0.25, 0.3) is 11.0 Å². The van der Waals surface area contributed by atoms with E-state index in [0.717, 1.165) is 11.0 Å². The number of amides is 1. The van der Waals surface area contributed by atoms with Crippen LogP contribution >= 0.6 is 7.81 Å². The van der Waals surface area contributed by atoms with Crippen LogP contribution in [0.1, 0.15) is 20.8 Å². The fourth-order valence-corrected chi connectivity index (χ4v) is 2.31. The fraction of sp³-hybridized carbons (Fsp3) is 0.556. The Bertz CT molecular complexity index is 1020. The van der Waals surface area contributed by atoms with Crippen LogP contribution in [0.3, 0.4) is 0 Å². The van der Waals surface area contributed by atoms with Crippen LogP contribution in [0.15, 0.2) is 24.3 Å². The SMILES string of the molecule is CN(CCN(C)C(On1nnc2ccccc21)=[N+](C)C)C(=O)OC(C)(C)C.F[P-](F)(F)(F)(F)F. The Morgan fingerprint density at radius 2 is 1.53 bits per heavy atom. The average molecular weight is 522 g/mol. The summed E-state index contributed by atoms with van der Waals surface area (Å²) >= 11 is 0. The quantitative estimate of drug-likeness (QED) is 0.191. The predicted molar refractivity (Wildman–Crippen MR) is 116 cm³/mol. The predicted octanol–water partition coefficient (Wildman–Crippen LogP) is 4.67. The van der Waals surface area contributed by atoms with Crippen LogP contribution < -0.4 is 4.84 Å². The van der Waals surface area contributed by atoms with E-state index in [-0.39, 0.29) is 6.09 Å². The Morgan fingerprint density at radius 1 is 1.03 bits per heavy atom. The van der Waals surface area contributed by atoms with Gasteiger partial charge in [-0.05, 0) is 38.1 Å². The molecule has 0 radical (unpaired) electrons. The van der Waals surface area contributed by atoms with Crippen molar-refractivity contribution in [3.05, 3.63) is 24.3 Å². The Hall–Kier alpha value is -2.83. The summed E-state index contributed by atoms with van der Waals surface area (Å²) in [5, 5.41) is 8.14. The molecule has 196 valence electrons. The number of fused-ring (bicyclic) bond motifs is 1. The van der Waals surface area contributed by atoms with E-state index >= 15 is 0 Å². The zero-order valence-corrected chi connectivity index (χ0v) is 20.7. The van der Waals surface area contributed by atoms with Gasteiger partial charge in [0.2, 0.25) is 0 Å². The Kier molecular flexibility index (Phi) is 8.10. The Labute approximate surface area is 192 Å². The van der Waals surface area contributed by atoms with E-state index < -0.39 is 13.4 Å². The molecule has 0 unspecified atom stereocenters. The molecule has 0 N–H and O–H groups in total. The number of nitrogens with zero attached hydrogens (tertiary/aromatic N) is 6. The molecule has 0 spiro atoms. The summed E-state index contributed by atoms with van der Waals surface area (Å²) in [6.45, 7) is 6.57. The number of hydrogen-bond donors (Lipinski definition) is 0. The van der Waals surface area contributed by atoms with E-state index in [1.807, 2.05) is 75.7 Å². The average Bonchev–Trinajstić information content (AvgIpc) is 3.02. The molecule has 34 heavy (non-hydrogen) atoms. The van der Waals surface area contributed by atoms with Gasteiger partial charge in [-0.1, -0.05) is 17.0 Å². The topological polar surface area (TPSA) is 75.7 Å². The molecule has 0 atom stereocenters. The van der Waals surface area contributed by atoms with Gasteiger partial charge in [-0.2, -0.15) is 0 Å². The molecule has 0 aliphatic rings. The van der Waals surface area contributed by atoms with E-state index in [4.69, 9.17) is 9.57 Å². The zero-order chi connectivity index (χ0) is 26.6. The van der Waals surface area contributed by atoms with Crippen molar-refractivity contribution < 1.29 is 44.1 Å². The monoisotopic (exact) mass is 522 g/mol. The molecule has 9 nitrogen and oxygen atoms in total. The van der Waals surface area contributed by atoms with Crippen LogP contribution in [0.4, 0.5) is 30.0 Å². The van der Waals surface area contributed by atoms with Crippen molar-refractivity contribution in [3.8, 4) is 0 Å². The van der Waals surface area contributed by atoms with Gasteiger partial charge in [-0.15, -0.1) is 5.10 Å². The molecule has 0 saturated carbocycles. The summed E-state index contributed by atoms with van der Waals surface area (Å²) in [7, 11) is -3.30. The number of carbonyl (C=O) groups excluding carboxylic acids is 1. The molecule has 0 aliphatic carbocycles. The van der Waals surface area contributed by atoms with Crippen LogP contribution in [0, 0.1) is 0 Å². The molecular formula is C18H29F6N6O3P. The Morgan fingerprint density at radius 3 is 2.03 bits per heavy atom. The molecule has 0 aliphatic heterocycles. The van der Waals surface area contributed by atoms with Crippen LogP contribution in [-0.2, 0) is 4.74 Å². The van der Waals surface area contributed by atoms with Crippen molar-refractivity contribution in [1.82, 2.24) is 25.0 Å². The third-order valence-electron chi connectivity index (χ3n) is 3.67. The van der Waals surface area contributed by atoms with Gasteiger partial charge in [0.05, 0.1) is 27.7 Å². The minimum atomic E-state index is -10.7. The van der Waals surface area contributed by atoms with Crippen LogP contribution in [-0.4, -0.2) is 88.5 Å². The van der Waals surface area contributed by atoms with Gasteiger partial charge in [0.1, 0.15) is 23.2 Å². The van der Waals surface area contributed by atoms with Gasteiger partial charge in [0, 0.05) is 7.05 Å². The number of amidine groups is 1. The van der Waals surface area contributed by atoms with Crippen LogP contribution in [0.5, 0.6) is 0 Å². The fourth-order valence-electron chi connectivity index (χ4n) is 2.31. The summed E-state index contributed by atoms with van der Waals surface area (Å²) < 4.78 is 66.4. The molecule has 0 bridgehead atoms. The first-order valence-corrected chi connectivity index (χ1v) is 11.8. The molecule has 2 aromatic rings. The summed E-state index contributed by atoms with van der Waals surface area (Å²) in [4.78, 5) is 22.9. The molecule has 2 rings (SSSR count). The standard InChI is InChI=1S/C18H29N6O3.F6P/c1-18(2,3)26-17(25)23(7)13-12-22(6)16(21(4)5)27-24-15-11-9-8-10-14(15)19-20-24;1-7(2,3,4,5)6/h8-11H,12-13H2,1-7H3;/q+1;-1. The minimum absolute atomic E-state index is 0.356. The van der Waals surface area contributed by atoms with Crippen molar-refractivity contribution in [2.75, 3.05) is 41.3 Å². The van der Waals surface area contributed by atoms with Crippen molar-refractivity contribution in [2.45, 2.75) is 26.4 Å². The summed E-state index contributed by atoms with van der Waals surface area (Å²) in [5.41, 5.74) is 1.01. The van der Waals surface area contributed by atoms with Gasteiger partial charge in [-0.3, -0.25) is 4.84 Å². The molecule has 16 heteroatoms. The van der Waals surface area contributed by atoms with Crippen molar-refractivity contribution in [2.24, 2.45) is 0 Å². The number of benzene rings is 1. The van der Waals surface area contributed by atoms with Crippen molar-refractivity contribution >= 4 is 31.0 Å². The molecule has 1 aromatic carbocycles. The molecular weight excluding hydrogens is 493 g/mol. The molecule has 0 saturated heterocycles. The van der Waals surface area contributed by atoms with Gasteiger partial charge in [-0.25, -0.2) is 14.3 Å². The van der Waals surface area contributed by atoms with E-state index in [0.29, 0.717) is 19.1 Å². The second kappa shape index (κ2) is 9.43. The first kappa shape index (κ1) is 29.2. The summed E-state index contributed by atoms with van der Waals surface area (Å²) in [6, 6.07) is 8.13. The number of ether oxygens (including phenoxy) is 1. The second-order valence-corrected chi connectivity index (χ2v) is 10.4. The number of likely N-dealkylation sites (N-methyl/N-ethyl adjacent to an activating group) is 2. The van der Waals surface area contributed by atoms with Crippen molar-refractivity contribution in [3.63, 3.8) is 0 Å². The third kappa shape index (κ3) is 12.4. The number of carbonyl (C=O) groups is 1. The number of rotatable bonds is 4. The summed E-state index contributed by atoms with van der Waals surface area (Å²) in [5.74, 6) is 0. The molecule has 1 amide bonds. The van der Waals surface area contributed by atoms with Crippen molar-refractivity contribution in [1.29, 1.82) is 0 Å². The molecule has 0 fully saturated rings. The first-order valence-electron chi connectivity index (χ1n) is 9.78. The zero-order valence-electron chi connectivity index (χ0n) is 19.8. The maximum atomic E-state index is 12.1. The second-order valence-electron chi connectivity index (χ2n) is 8.50. The van der Waals surface area contributed by atoms with E-state index in [2.05, 4.69) is 10.3 Å². The number of para-hydroxylation sites is 1. The van der Waals surface area contributed by atoms with Gasteiger partial charge in [0.15, 0.2) is 0 Å². The number of hydrogen-bond acceptors (Lipinski definition) is 5. The van der Waals surface area contributed by atoms with Gasteiger partial charge in [0.25, 0.3) is 0 Å². The normalized spacial score (nSPS) is 13.7. The van der Waals surface area contributed by atoms with Crippen LogP contribution in [0.2, 0.25) is 0 Å². The van der Waals surface area contributed by atoms with Gasteiger partial charge >= 0.3 is 45.1 Å². The number of halogens is 6. The van der Waals surface area contributed by atoms with E-state index in [1.165, 1.54) is 4.85 Å². The first-order chi connectivity index (χ1) is 15.0. The van der Waals surface area contributed by atoms with E-state index in [9.17, 15) is 30.0 Å². The van der Waals surface area contributed by atoms with Gasteiger partial charge < -0.3 is 9.64 Å². The Balaban J connectivity index is 0.000000718. The summed E-state index contributed by atoms with van der Waals surface area (Å²) in [6.07, 6.45) is -0.356. The number of aromatic nitrogens is 3. The molecule has 1 aromatic heterocycles. The van der Waals surface area contributed by atoms with E-state index in [1.54, 1.807) is 11.9 Å². The maximum absolute atomic E-state index is 12.1.